The van der Waals surface area contributed by atoms with Crippen molar-refractivity contribution in [2.24, 2.45) is 0 Å². The summed E-state index contributed by atoms with van der Waals surface area (Å²) in [5, 5.41) is 3.27. The third-order valence-corrected chi connectivity index (χ3v) is 9.70. The van der Waals surface area contributed by atoms with Crippen molar-refractivity contribution in [2.75, 3.05) is 19.8 Å². The molecule has 1 aromatic heterocycles. The lowest BCUT2D eigenvalue weighted by Gasteiger charge is -2.28. The average molecular weight is 726 g/mol. The van der Waals surface area contributed by atoms with Crippen molar-refractivity contribution < 1.29 is 28.2 Å². The minimum Gasteiger partial charge on any atom is -0.490 e. The molecule has 0 unspecified atom stereocenters. The highest BCUT2D eigenvalue weighted by Gasteiger charge is 2.33. The highest BCUT2D eigenvalue weighted by molar-refractivity contribution is 9.10. The van der Waals surface area contributed by atoms with Gasteiger partial charge in [0.15, 0.2) is 0 Å². The zero-order valence-corrected chi connectivity index (χ0v) is 27.7. The van der Waals surface area contributed by atoms with Crippen LogP contribution < -0.4 is 20.5 Å². The molecule has 2 amide bonds. The van der Waals surface area contributed by atoms with Crippen LogP contribution in [-0.4, -0.2) is 57.8 Å². The van der Waals surface area contributed by atoms with Gasteiger partial charge in [-0.15, -0.1) is 0 Å². The van der Waals surface area contributed by atoms with E-state index in [2.05, 4.69) is 21.2 Å². The molecule has 244 valence electrons. The molecular weight excluding hydrogens is 695 g/mol. The monoisotopic (exact) mass is 724 g/mol. The summed E-state index contributed by atoms with van der Waals surface area (Å²) in [6.45, 7) is 3.00. The predicted octanol–water partition coefficient (Wildman–Crippen LogP) is 5.66. The molecule has 1 aliphatic carbocycles. The quantitative estimate of drug-likeness (QED) is 0.239. The number of halogens is 3. The van der Waals surface area contributed by atoms with Crippen LogP contribution in [0.25, 0.3) is 5.69 Å². The molecule has 1 atom stereocenters. The number of hydrogen-bond acceptors (Lipinski definition) is 6. The van der Waals surface area contributed by atoms with Crippen LogP contribution in [0.5, 0.6) is 11.5 Å². The van der Waals surface area contributed by atoms with E-state index in [0.29, 0.717) is 51.2 Å². The first-order valence-electron chi connectivity index (χ1n) is 15.4. The lowest BCUT2D eigenvalue weighted by atomic mass is 10.1. The Balaban J connectivity index is 1.21. The molecule has 0 bridgehead atoms. The number of nitrogens with one attached hydrogen (secondary N) is 1. The fourth-order valence-electron chi connectivity index (χ4n) is 5.72. The number of ether oxygens (including phenoxy) is 3. The number of amides is 2. The molecular formula is C34H31BrClFN4O6. The standard InChI is InChI=1S/C34H31BrClFN4O6/c1-19(26-10-9-24(15-29(26)37)47-25-17-45-18-25)38-32(42)31-30-16-39(33(43)20-2-11-27(35)28(36)14-20)12-13-40(30)34(44)41(31)21-3-5-22(6-4-21)46-23-7-8-23/h2-6,9-11,14-15,19,23,25H,7-8,12-13,16-18H2,1H3,(H,38,42)/t19-/m0/s1. The molecule has 0 spiro atoms. The largest absolute Gasteiger partial charge is 0.490 e. The molecule has 13 heteroatoms. The summed E-state index contributed by atoms with van der Waals surface area (Å²) in [5.41, 5.74) is 1.11. The highest BCUT2D eigenvalue weighted by atomic mass is 79.9. The van der Waals surface area contributed by atoms with Crippen LogP contribution in [0.3, 0.4) is 0 Å². The van der Waals surface area contributed by atoms with Gasteiger partial charge in [-0.1, -0.05) is 17.7 Å². The van der Waals surface area contributed by atoms with Gasteiger partial charge in [0, 0.05) is 34.8 Å². The normalized spacial score (nSPS) is 16.6. The molecule has 47 heavy (non-hydrogen) atoms. The van der Waals surface area contributed by atoms with Crippen LogP contribution in [0, 0.1) is 5.82 Å². The molecule has 7 rings (SSSR count). The van der Waals surface area contributed by atoms with Gasteiger partial charge < -0.3 is 24.4 Å². The van der Waals surface area contributed by atoms with E-state index < -0.39 is 23.5 Å². The Morgan fingerprint density at radius 2 is 1.72 bits per heavy atom. The number of carbonyl (C=O) groups excluding carboxylic acids is 2. The minimum absolute atomic E-state index is 0.0000428. The van der Waals surface area contributed by atoms with Crippen LogP contribution in [0.2, 0.25) is 5.02 Å². The summed E-state index contributed by atoms with van der Waals surface area (Å²) in [6.07, 6.45) is 2.09. The summed E-state index contributed by atoms with van der Waals surface area (Å²) in [4.78, 5) is 43.2. The summed E-state index contributed by atoms with van der Waals surface area (Å²) in [6, 6.07) is 15.7. The van der Waals surface area contributed by atoms with Gasteiger partial charge in [0.1, 0.15) is 29.1 Å². The molecule has 3 heterocycles. The van der Waals surface area contributed by atoms with E-state index in [9.17, 15) is 14.4 Å². The molecule has 4 aromatic rings. The van der Waals surface area contributed by atoms with E-state index in [1.165, 1.54) is 15.2 Å². The molecule has 1 N–H and O–H groups in total. The van der Waals surface area contributed by atoms with Crippen molar-refractivity contribution in [1.82, 2.24) is 19.4 Å². The van der Waals surface area contributed by atoms with Crippen LogP contribution in [0.15, 0.2) is 69.9 Å². The van der Waals surface area contributed by atoms with Gasteiger partial charge in [0.2, 0.25) is 0 Å². The van der Waals surface area contributed by atoms with Crippen LogP contribution in [-0.2, 0) is 17.8 Å². The van der Waals surface area contributed by atoms with E-state index in [1.54, 1.807) is 66.4 Å². The van der Waals surface area contributed by atoms with Crippen molar-refractivity contribution in [3.63, 3.8) is 0 Å². The molecule has 1 saturated carbocycles. The number of nitrogens with zero attached hydrogens (tertiary/aromatic N) is 3. The second kappa shape index (κ2) is 12.8. The zero-order chi connectivity index (χ0) is 32.8. The SMILES string of the molecule is C[C@H](NC(=O)c1c2n(c(=O)n1-c1ccc(OC3CC3)cc1)CCN(C(=O)c1ccc(Br)c(Cl)c1)C2)c1ccc(OC2COC2)cc1F. The van der Waals surface area contributed by atoms with Crippen molar-refractivity contribution in [2.45, 2.75) is 51.1 Å². The second-order valence-corrected chi connectivity index (χ2v) is 13.1. The van der Waals surface area contributed by atoms with E-state index in [4.69, 9.17) is 25.8 Å². The Labute approximate surface area is 283 Å². The van der Waals surface area contributed by atoms with Crippen molar-refractivity contribution >= 4 is 39.3 Å². The van der Waals surface area contributed by atoms with E-state index in [0.717, 1.165) is 12.8 Å². The molecule has 1 saturated heterocycles. The molecule has 3 aliphatic rings. The van der Waals surface area contributed by atoms with Crippen LogP contribution >= 0.6 is 27.5 Å². The van der Waals surface area contributed by atoms with Crippen LogP contribution in [0.4, 0.5) is 4.39 Å². The zero-order valence-electron chi connectivity index (χ0n) is 25.4. The molecule has 3 aromatic carbocycles. The Hall–Kier alpha value is -4.13. The van der Waals surface area contributed by atoms with Gasteiger partial charge in [-0.2, -0.15) is 0 Å². The molecule has 2 aliphatic heterocycles. The van der Waals surface area contributed by atoms with Crippen molar-refractivity contribution in [1.29, 1.82) is 0 Å². The lowest BCUT2D eigenvalue weighted by molar-refractivity contribution is -0.0797. The van der Waals surface area contributed by atoms with Crippen molar-refractivity contribution in [3.8, 4) is 17.2 Å². The van der Waals surface area contributed by atoms with Gasteiger partial charge in [-0.05, 0) is 84.2 Å². The molecule has 0 radical (unpaired) electrons. The first-order chi connectivity index (χ1) is 22.7. The molecule has 10 nitrogen and oxygen atoms in total. The van der Waals surface area contributed by atoms with Crippen LogP contribution in [0.1, 0.15) is 57.9 Å². The van der Waals surface area contributed by atoms with Gasteiger partial charge >= 0.3 is 5.69 Å². The number of benzene rings is 3. The summed E-state index contributed by atoms with van der Waals surface area (Å²) >= 11 is 9.61. The summed E-state index contributed by atoms with van der Waals surface area (Å²) < 4.78 is 35.5. The first-order valence-corrected chi connectivity index (χ1v) is 16.5. The maximum atomic E-state index is 15.2. The number of imidazole rings is 1. The van der Waals surface area contributed by atoms with Gasteiger partial charge in [-0.3, -0.25) is 18.7 Å². The number of hydrogen-bond donors (Lipinski definition) is 1. The number of rotatable bonds is 9. The van der Waals surface area contributed by atoms with E-state index in [-0.39, 0.29) is 49.0 Å². The number of fused-ring (bicyclic) bond motifs is 1. The lowest BCUT2D eigenvalue weighted by Crippen LogP contribution is -2.41. The second-order valence-electron chi connectivity index (χ2n) is 11.9. The number of aromatic nitrogens is 2. The van der Waals surface area contributed by atoms with Gasteiger partial charge in [-0.25, -0.2) is 9.18 Å². The van der Waals surface area contributed by atoms with Gasteiger partial charge in [0.25, 0.3) is 11.8 Å². The first kappa shape index (κ1) is 31.5. The Bertz CT molecular complexity index is 1920. The fraction of sp³-hybridized carbons (Fsp3) is 0.324. The van der Waals surface area contributed by atoms with Gasteiger partial charge in [0.05, 0.1) is 48.3 Å². The van der Waals surface area contributed by atoms with E-state index in [1.807, 2.05) is 0 Å². The Morgan fingerprint density at radius 3 is 2.38 bits per heavy atom. The van der Waals surface area contributed by atoms with Crippen molar-refractivity contribution in [3.05, 3.63) is 109 Å². The third kappa shape index (κ3) is 6.41. The third-order valence-electron chi connectivity index (χ3n) is 8.47. The maximum absolute atomic E-state index is 15.2. The Kier molecular flexibility index (Phi) is 8.58. The highest BCUT2D eigenvalue weighted by Crippen LogP contribution is 2.30. The average Bonchev–Trinajstić information content (AvgIpc) is 3.81. The summed E-state index contributed by atoms with van der Waals surface area (Å²) in [7, 11) is 0. The molecule has 2 fully saturated rings. The van der Waals surface area contributed by atoms with E-state index >= 15 is 4.39 Å². The minimum atomic E-state index is -0.761. The fourth-order valence-corrected chi connectivity index (χ4v) is 6.15. The topological polar surface area (TPSA) is 104 Å². The Morgan fingerprint density at radius 1 is 1.00 bits per heavy atom. The summed E-state index contributed by atoms with van der Waals surface area (Å²) in [5.74, 6) is -0.369. The number of carbonyl (C=O) groups is 2. The smallest absolute Gasteiger partial charge is 0.333 e. The predicted molar refractivity (Wildman–Crippen MR) is 175 cm³/mol. The maximum Gasteiger partial charge on any atom is 0.333 e.